The minimum absolute atomic E-state index is 0.401. The molecule has 0 aromatic carbocycles. The van der Waals surface area contributed by atoms with Crippen LogP contribution in [0.1, 0.15) is 78.1 Å². The predicted octanol–water partition coefficient (Wildman–Crippen LogP) is 4.04. The largest absolute Gasteiger partial charge is 0.356 e. The second kappa shape index (κ2) is 12.5. The molecule has 0 heterocycles. The molecule has 0 aromatic heterocycles. The van der Waals surface area contributed by atoms with Gasteiger partial charge in [0.15, 0.2) is 0 Å². The molecule has 0 spiro atoms. The SMILES string of the molecule is CCCCCCCCCCC(CC)NC=O. The van der Waals surface area contributed by atoms with Crippen LogP contribution >= 0.6 is 0 Å². The van der Waals surface area contributed by atoms with E-state index < -0.39 is 0 Å². The summed E-state index contributed by atoms with van der Waals surface area (Å²) in [7, 11) is 0. The van der Waals surface area contributed by atoms with E-state index in [0.717, 1.165) is 19.3 Å². The molecule has 2 nitrogen and oxygen atoms in total. The van der Waals surface area contributed by atoms with Crippen molar-refractivity contribution in [1.82, 2.24) is 5.32 Å². The van der Waals surface area contributed by atoms with Gasteiger partial charge in [0.1, 0.15) is 0 Å². The van der Waals surface area contributed by atoms with Crippen LogP contribution < -0.4 is 5.32 Å². The minimum Gasteiger partial charge on any atom is -0.356 e. The Morgan fingerprint density at radius 1 is 0.938 bits per heavy atom. The number of rotatable bonds is 12. The van der Waals surface area contributed by atoms with Gasteiger partial charge in [-0.2, -0.15) is 0 Å². The van der Waals surface area contributed by atoms with Crippen LogP contribution in [0.15, 0.2) is 0 Å². The summed E-state index contributed by atoms with van der Waals surface area (Å²) in [4.78, 5) is 10.3. The van der Waals surface area contributed by atoms with Gasteiger partial charge in [-0.15, -0.1) is 0 Å². The molecule has 0 aliphatic heterocycles. The molecule has 1 N–H and O–H groups in total. The van der Waals surface area contributed by atoms with Gasteiger partial charge in [-0.1, -0.05) is 65.2 Å². The number of carbonyl (C=O) groups is 1. The average Bonchev–Trinajstić information content (AvgIpc) is 2.31. The van der Waals surface area contributed by atoms with Gasteiger partial charge in [0.05, 0.1) is 0 Å². The number of hydrogen-bond acceptors (Lipinski definition) is 1. The van der Waals surface area contributed by atoms with E-state index >= 15 is 0 Å². The highest BCUT2D eigenvalue weighted by atomic mass is 16.1. The van der Waals surface area contributed by atoms with Crippen molar-refractivity contribution in [2.75, 3.05) is 0 Å². The zero-order valence-corrected chi connectivity index (χ0v) is 11.1. The second-order valence-electron chi connectivity index (χ2n) is 4.65. The van der Waals surface area contributed by atoms with Gasteiger partial charge < -0.3 is 5.32 Å². The Labute approximate surface area is 101 Å². The Bertz CT molecular complexity index is 148. The Kier molecular flexibility index (Phi) is 12.1. The molecule has 0 rings (SSSR count). The van der Waals surface area contributed by atoms with Gasteiger partial charge >= 0.3 is 0 Å². The number of unbranched alkanes of at least 4 members (excludes halogenated alkanes) is 7. The molecule has 0 aliphatic carbocycles. The first-order valence-corrected chi connectivity index (χ1v) is 7.04. The van der Waals surface area contributed by atoms with Crippen LogP contribution in [0, 0.1) is 0 Å². The lowest BCUT2D eigenvalue weighted by Gasteiger charge is -2.12. The van der Waals surface area contributed by atoms with E-state index in [9.17, 15) is 4.79 Å². The summed E-state index contributed by atoms with van der Waals surface area (Å²) >= 11 is 0. The van der Waals surface area contributed by atoms with Crippen LogP contribution in [-0.2, 0) is 4.79 Å². The molecule has 0 saturated carbocycles. The van der Waals surface area contributed by atoms with Crippen molar-refractivity contribution in [3.8, 4) is 0 Å². The van der Waals surface area contributed by atoms with Crippen LogP contribution in [0.25, 0.3) is 0 Å². The van der Waals surface area contributed by atoms with Crippen molar-refractivity contribution in [2.24, 2.45) is 0 Å². The quantitative estimate of drug-likeness (QED) is 0.395. The van der Waals surface area contributed by atoms with Gasteiger partial charge in [-0.25, -0.2) is 0 Å². The first kappa shape index (κ1) is 15.5. The zero-order valence-electron chi connectivity index (χ0n) is 11.1. The van der Waals surface area contributed by atoms with Gasteiger partial charge in [0.2, 0.25) is 6.41 Å². The fourth-order valence-electron chi connectivity index (χ4n) is 2.03. The van der Waals surface area contributed by atoms with Crippen LogP contribution in [0.3, 0.4) is 0 Å². The first-order valence-electron chi connectivity index (χ1n) is 7.04. The molecule has 96 valence electrons. The minimum atomic E-state index is 0.401. The van der Waals surface area contributed by atoms with E-state index in [1.54, 1.807) is 0 Å². The molecule has 0 aromatic rings. The van der Waals surface area contributed by atoms with E-state index in [-0.39, 0.29) is 0 Å². The van der Waals surface area contributed by atoms with Crippen molar-refractivity contribution in [3.05, 3.63) is 0 Å². The Morgan fingerprint density at radius 2 is 1.50 bits per heavy atom. The number of hydrogen-bond donors (Lipinski definition) is 1. The van der Waals surface area contributed by atoms with Gasteiger partial charge in [-0.05, 0) is 12.8 Å². The molecule has 1 amide bonds. The molecule has 1 atom stereocenters. The number of amides is 1. The smallest absolute Gasteiger partial charge is 0.207 e. The van der Waals surface area contributed by atoms with E-state index in [1.807, 2.05) is 0 Å². The standard InChI is InChI=1S/C14H29NO/c1-3-5-6-7-8-9-10-11-12-14(4-2)15-13-16/h13-14H,3-12H2,1-2H3,(H,15,16). The molecule has 16 heavy (non-hydrogen) atoms. The number of carbonyl (C=O) groups excluding carboxylic acids is 1. The highest BCUT2D eigenvalue weighted by molar-refractivity contribution is 5.46. The van der Waals surface area contributed by atoms with E-state index in [1.165, 1.54) is 51.4 Å². The molecular weight excluding hydrogens is 198 g/mol. The third kappa shape index (κ3) is 10.0. The maximum atomic E-state index is 10.3. The lowest BCUT2D eigenvalue weighted by atomic mass is 10.0. The highest BCUT2D eigenvalue weighted by Gasteiger charge is 2.02. The number of nitrogens with one attached hydrogen (secondary N) is 1. The van der Waals surface area contributed by atoms with Gasteiger partial charge in [-0.3, -0.25) is 4.79 Å². The van der Waals surface area contributed by atoms with Crippen LogP contribution in [0.2, 0.25) is 0 Å². The van der Waals surface area contributed by atoms with Crippen molar-refractivity contribution < 1.29 is 4.79 Å². The molecule has 1 unspecified atom stereocenters. The maximum absolute atomic E-state index is 10.3. The summed E-state index contributed by atoms with van der Waals surface area (Å²) in [5.74, 6) is 0. The molecule has 2 heteroatoms. The van der Waals surface area contributed by atoms with Crippen LogP contribution in [0.5, 0.6) is 0 Å². The third-order valence-electron chi connectivity index (χ3n) is 3.20. The van der Waals surface area contributed by atoms with Crippen molar-refractivity contribution in [1.29, 1.82) is 0 Å². The lowest BCUT2D eigenvalue weighted by Crippen LogP contribution is -2.26. The van der Waals surface area contributed by atoms with Crippen molar-refractivity contribution >= 4 is 6.41 Å². The van der Waals surface area contributed by atoms with E-state index in [2.05, 4.69) is 19.2 Å². The molecule has 0 saturated heterocycles. The predicted molar refractivity (Wildman–Crippen MR) is 70.5 cm³/mol. The average molecular weight is 227 g/mol. The Balaban J connectivity index is 3.15. The molecule has 0 fully saturated rings. The van der Waals surface area contributed by atoms with Gasteiger partial charge in [0.25, 0.3) is 0 Å². The second-order valence-corrected chi connectivity index (χ2v) is 4.65. The summed E-state index contributed by atoms with van der Waals surface area (Å²) in [6.07, 6.45) is 13.9. The maximum Gasteiger partial charge on any atom is 0.207 e. The lowest BCUT2D eigenvalue weighted by molar-refractivity contribution is -0.110. The monoisotopic (exact) mass is 227 g/mol. The summed E-state index contributed by atoms with van der Waals surface area (Å²) < 4.78 is 0. The Morgan fingerprint density at radius 3 is 2.00 bits per heavy atom. The molecule has 0 aliphatic rings. The summed E-state index contributed by atoms with van der Waals surface area (Å²) in [6, 6.07) is 0.401. The van der Waals surface area contributed by atoms with Crippen LogP contribution in [0.4, 0.5) is 0 Å². The summed E-state index contributed by atoms with van der Waals surface area (Å²) in [6.45, 7) is 4.39. The van der Waals surface area contributed by atoms with Crippen molar-refractivity contribution in [2.45, 2.75) is 84.1 Å². The topological polar surface area (TPSA) is 29.1 Å². The van der Waals surface area contributed by atoms with E-state index in [4.69, 9.17) is 0 Å². The molecule has 0 bridgehead atoms. The third-order valence-corrected chi connectivity index (χ3v) is 3.20. The fourth-order valence-corrected chi connectivity index (χ4v) is 2.03. The molecule has 0 radical (unpaired) electrons. The Hall–Kier alpha value is -0.530. The normalized spacial score (nSPS) is 12.4. The van der Waals surface area contributed by atoms with E-state index in [0.29, 0.717) is 6.04 Å². The fraction of sp³-hybridized carbons (Fsp3) is 0.929. The van der Waals surface area contributed by atoms with Gasteiger partial charge in [0, 0.05) is 6.04 Å². The zero-order chi connectivity index (χ0) is 12.1. The summed E-state index contributed by atoms with van der Waals surface area (Å²) in [5.41, 5.74) is 0. The van der Waals surface area contributed by atoms with Crippen molar-refractivity contribution in [3.63, 3.8) is 0 Å². The van der Waals surface area contributed by atoms with Crippen LogP contribution in [-0.4, -0.2) is 12.5 Å². The highest BCUT2D eigenvalue weighted by Crippen LogP contribution is 2.11. The molecular formula is C14H29NO. The first-order chi connectivity index (χ1) is 7.85. The summed E-state index contributed by atoms with van der Waals surface area (Å²) in [5, 5.41) is 2.87.